The molecule has 6 heteroatoms. The van der Waals surface area contributed by atoms with Gasteiger partial charge in [-0.25, -0.2) is 0 Å². The molecule has 0 atom stereocenters. The van der Waals surface area contributed by atoms with Gasteiger partial charge in [-0.1, -0.05) is 36.4 Å². The zero-order valence-corrected chi connectivity index (χ0v) is 23.7. The van der Waals surface area contributed by atoms with E-state index in [1.165, 1.54) is 0 Å². The molecule has 4 rings (SSSR count). The second kappa shape index (κ2) is 13.3. The van der Waals surface area contributed by atoms with Gasteiger partial charge in [0.15, 0.2) is 0 Å². The molecule has 0 saturated heterocycles. The van der Waals surface area contributed by atoms with Crippen molar-refractivity contribution in [2.24, 2.45) is 0 Å². The van der Waals surface area contributed by atoms with Gasteiger partial charge in [0.05, 0.1) is 42.7 Å². The fourth-order valence-corrected chi connectivity index (χ4v) is 4.34. The Morgan fingerprint density at radius 2 is 0.975 bits per heavy atom. The zero-order valence-electron chi connectivity index (χ0n) is 23.7. The van der Waals surface area contributed by atoms with Crippen LogP contribution in [0.25, 0.3) is 23.8 Å². The Bertz CT molecular complexity index is 1460. The van der Waals surface area contributed by atoms with Crippen molar-refractivity contribution < 1.29 is 28.4 Å². The summed E-state index contributed by atoms with van der Waals surface area (Å²) >= 11 is 0. The maximum atomic E-state index is 5.95. The second-order valence-electron chi connectivity index (χ2n) is 8.83. The Morgan fingerprint density at radius 1 is 0.475 bits per heavy atom. The van der Waals surface area contributed by atoms with Crippen molar-refractivity contribution in [3.05, 3.63) is 107 Å². The first-order chi connectivity index (χ1) is 19.5. The van der Waals surface area contributed by atoms with Crippen LogP contribution in [0.2, 0.25) is 0 Å². The quantitative estimate of drug-likeness (QED) is 0.184. The van der Waals surface area contributed by atoms with Crippen LogP contribution in [0.4, 0.5) is 0 Å². The van der Waals surface area contributed by atoms with Crippen LogP contribution in [0, 0.1) is 0 Å². The second-order valence-corrected chi connectivity index (χ2v) is 8.83. The fraction of sp³-hybridized carbons (Fsp3) is 0.176. The van der Waals surface area contributed by atoms with E-state index >= 15 is 0 Å². The third kappa shape index (κ3) is 6.59. The van der Waals surface area contributed by atoms with Crippen molar-refractivity contribution in [2.45, 2.75) is 0 Å². The van der Waals surface area contributed by atoms with Crippen molar-refractivity contribution in [2.75, 3.05) is 42.7 Å². The molecule has 0 unspecified atom stereocenters. The van der Waals surface area contributed by atoms with Crippen molar-refractivity contribution in [3.8, 4) is 34.5 Å². The van der Waals surface area contributed by atoms with Crippen molar-refractivity contribution >= 4 is 23.8 Å². The highest BCUT2D eigenvalue weighted by Gasteiger charge is 2.19. The third-order valence-electron chi connectivity index (χ3n) is 6.49. The number of rotatable bonds is 11. The number of methoxy groups -OCH3 is 6. The van der Waals surface area contributed by atoms with Crippen LogP contribution in [0.3, 0.4) is 0 Å². The molecule has 4 aromatic carbocycles. The fourth-order valence-electron chi connectivity index (χ4n) is 4.34. The summed E-state index contributed by atoms with van der Waals surface area (Å²) in [6.07, 6.45) is 6.22. The molecular weight excluding hydrogens is 504 g/mol. The maximum Gasteiger partial charge on any atom is 0.131 e. The predicted octanol–water partition coefficient (Wildman–Crippen LogP) is 7.50. The Hall–Kier alpha value is -4.84. The van der Waals surface area contributed by atoms with E-state index in [2.05, 4.69) is 12.2 Å². The minimum Gasteiger partial charge on any atom is -0.497 e. The molecule has 4 aromatic rings. The first kappa shape index (κ1) is 28.2. The monoisotopic (exact) mass is 538 g/mol. The first-order valence-corrected chi connectivity index (χ1v) is 12.7. The molecule has 206 valence electrons. The van der Waals surface area contributed by atoms with E-state index < -0.39 is 0 Å². The summed E-state index contributed by atoms with van der Waals surface area (Å²) in [6, 6.07) is 25.5. The molecule has 0 aliphatic carbocycles. The van der Waals surface area contributed by atoms with Crippen LogP contribution >= 0.6 is 0 Å². The van der Waals surface area contributed by atoms with Gasteiger partial charge in [-0.15, -0.1) is 0 Å². The summed E-state index contributed by atoms with van der Waals surface area (Å²) in [5.74, 6) is 4.29. The smallest absolute Gasteiger partial charge is 0.131 e. The average molecular weight is 539 g/mol. The molecule has 0 radical (unpaired) electrons. The van der Waals surface area contributed by atoms with Crippen molar-refractivity contribution in [3.63, 3.8) is 0 Å². The number of ether oxygens (including phenoxy) is 6. The van der Waals surface area contributed by atoms with Crippen molar-refractivity contribution in [1.82, 2.24) is 0 Å². The van der Waals surface area contributed by atoms with Crippen molar-refractivity contribution in [1.29, 1.82) is 0 Å². The number of hydrogen-bond acceptors (Lipinski definition) is 6. The Morgan fingerprint density at radius 3 is 1.48 bits per heavy atom. The molecule has 0 aliphatic heterocycles. The van der Waals surface area contributed by atoms with E-state index in [4.69, 9.17) is 28.4 Å². The Labute approximate surface area is 236 Å². The highest BCUT2D eigenvalue weighted by atomic mass is 16.5. The van der Waals surface area contributed by atoms with Gasteiger partial charge in [0.25, 0.3) is 0 Å². The zero-order chi connectivity index (χ0) is 28.5. The summed E-state index contributed by atoms with van der Waals surface area (Å²) in [4.78, 5) is 0. The summed E-state index contributed by atoms with van der Waals surface area (Å²) in [6.45, 7) is 0. The van der Waals surface area contributed by atoms with E-state index in [0.717, 1.165) is 44.9 Å². The highest BCUT2D eigenvalue weighted by molar-refractivity contribution is 5.98. The lowest BCUT2D eigenvalue weighted by atomic mass is 9.90. The minimum absolute atomic E-state index is 0.662. The van der Waals surface area contributed by atoms with Gasteiger partial charge < -0.3 is 28.4 Å². The molecule has 0 aromatic heterocycles. The average Bonchev–Trinajstić information content (AvgIpc) is 3.02. The van der Waals surface area contributed by atoms with Crippen LogP contribution in [0.5, 0.6) is 34.5 Å². The summed E-state index contributed by atoms with van der Waals surface area (Å²) in [5.41, 5.74) is 5.62. The molecule has 40 heavy (non-hydrogen) atoms. The van der Waals surface area contributed by atoms with Crippen LogP contribution in [0.1, 0.15) is 27.8 Å². The Kier molecular flexibility index (Phi) is 9.36. The van der Waals surface area contributed by atoms with E-state index in [-0.39, 0.29) is 0 Å². The molecule has 0 N–H and O–H groups in total. The minimum atomic E-state index is 0.662. The molecule has 0 spiro atoms. The predicted molar refractivity (Wildman–Crippen MR) is 161 cm³/mol. The lowest BCUT2D eigenvalue weighted by Crippen LogP contribution is -2.00. The molecule has 0 aliphatic rings. The molecule has 0 amide bonds. The normalized spacial score (nSPS) is 11.3. The van der Waals surface area contributed by atoms with Gasteiger partial charge >= 0.3 is 0 Å². The molecular formula is C34H34O6. The molecule has 0 bridgehead atoms. The Balaban J connectivity index is 1.98. The largest absolute Gasteiger partial charge is 0.497 e. The summed E-state index contributed by atoms with van der Waals surface area (Å²) in [5, 5.41) is 0. The summed E-state index contributed by atoms with van der Waals surface area (Å²) in [7, 11) is 9.90. The molecule has 6 nitrogen and oxygen atoms in total. The van der Waals surface area contributed by atoms with Gasteiger partial charge in [-0.2, -0.15) is 0 Å². The number of benzene rings is 4. The van der Waals surface area contributed by atoms with E-state index in [1.54, 1.807) is 42.7 Å². The van der Waals surface area contributed by atoms with Crippen LogP contribution in [0.15, 0.2) is 78.9 Å². The summed E-state index contributed by atoms with van der Waals surface area (Å²) < 4.78 is 33.5. The SMILES string of the molecule is COc1ccc(C=Cc2cc(OC)cc(OC)c2C(=Cc2ccc(OC)cc2)c2cc(OC)cc(OC)c2)cc1. The highest BCUT2D eigenvalue weighted by Crippen LogP contribution is 2.41. The first-order valence-electron chi connectivity index (χ1n) is 12.7. The van der Waals surface area contributed by atoms with E-state index in [1.807, 2.05) is 84.9 Å². The van der Waals surface area contributed by atoms with Crippen LogP contribution in [-0.4, -0.2) is 42.7 Å². The maximum absolute atomic E-state index is 5.95. The molecule has 0 fully saturated rings. The van der Waals surface area contributed by atoms with Crippen LogP contribution < -0.4 is 28.4 Å². The van der Waals surface area contributed by atoms with Gasteiger partial charge in [-0.3, -0.25) is 0 Å². The number of hydrogen-bond donors (Lipinski definition) is 0. The van der Waals surface area contributed by atoms with E-state index in [0.29, 0.717) is 23.0 Å². The van der Waals surface area contributed by atoms with Gasteiger partial charge in [0.1, 0.15) is 34.5 Å². The lowest BCUT2D eigenvalue weighted by molar-refractivity contribution is 0.392. The molecule has 0 heterocycles. The molecule has 0 saturated carbocycles. The van der Waals surface area contributed by atoms with Gasteiger partial charge in [0.2, 0.25) is 0 Å². The van der Waals surface area contributed by atoms with Gasteiger partial charge in [-0.05, 0) is 76.4 Å². The van der Waals surface area contributed by atoms with Crippen LogP contribution in [-0.2, 0) is 0 Å². The standard InChI is InChI=1S/C34H34O6/c1-35-27-13-8-23(9-14-27)7-12-25-18-31(39-5)22-33(40-6)34(25)32(17-24-10-15-28(36-2)16-11-24)26-19-29(37-3)21-30(20-26)38-4/h7-22H,1-6H3. The third-order valence-corrected chi connectivity index (χ3v) is 6.49. The lowest BCUT2D eigenvalue weighted by Gasteiger charge is -2.19. The van der Waals surface area contributed by atoms with Gasteiger partial charge in [0, 0.05) is 17.7 Å². The van der Waals surface area contributed by atoms with E-state index in [9.17, 15) is 0 Å². The topological polar surface area (TPSA) is 55.4 Å².